The van der Waals surface area contributed by atoms with Gasteiger partial charge in [0.25, 0.3) is 17.7 Å². The highest BCUT2D eigenvalue weighted by Gasteiger charge is 2.39. The minimum Gasteiger partial charge on any atom is -0.461 e. The summed E-state index contributed by atoms with van der Waals surface area (Å²) in [6.45, 7) is 1.29. The van der Waals surface area contributed by atoms with Gasteiger partial charge in [0.2, 0.25) is 0 Å². The summed E-state index contributed by atoms with van der Waals surface area (Å²) in [7, 11) is 0. The number of amides is 3. The summed E-state index contributed by atoms with van der Waals surface area (Å²) in [6, 6.07) is 21.2. The minimum atomic E-state index is -1.77. The van der Waals surface area contributed by atoms with E-state index in [0.29, 0.717) is 48.7 Å². The van der Waals surface area contributed by atoms with E-state index < -0.39 is 24.0 Å². The molecule has 2 aliphatic rings. The number of piperidine rings is 1. The molecule has 0 saturated carbocycles. The molecule has 3 amide bonds. The number of nitrogens with zero attached hydrogens (tertiary/aromatic N) is 2. The van der Waals surface area contributed by atoms with Gasteiger partial charge in [0.05, 0.1) is 12.5 Å². The Balaban J connectivity index is 1.05. The number of nitrogen functional groups attached to an aromatic ring is 1. The van der Waals surface area contributed by atoms with Crippen molar-refractivity contribution in [3.63, 3.8) is 0 Å². The van der Waals surface area contributed by atoms with E-state index in [9.17, 15) is 24.3 Å². The van der Waals surface area contributed by atoms with E-state index >= 15 is 0 Å². The van der Waals surface area contributed by atoms with Crippen LogP contribution in [0.4, 0.5) is 17.2 Å². The van der Waals surface area contributed by atoms with Crippen molar-refractivity contribution in [2.75, 3.05) is 42.2 Å². The molecule has 0 bridgehead atoms. The number of fused-ring (bicyclic) bond motifs is 1. The summed E-state index contributed by atoms with van der Waals surface area (Å²) in [5.41, 5.74) is 8.06. The molecule has 0 aliphatic carbocycles. The van der Waals surface area contributed by atoms with Gasteiger partial charge in [-0.05, 0) is 54.8 Å². The Hall–Kier alpha value is -5.20. The Morgan fingerprint density at radius 2 is 1.80 bits per heavy atom. The van der Waals surface area contributed by atoms with Crippen LogP contribution < -0.4 is 16.0 Å². The lowest BCUT2D eigenvalue weighted by molar-refractivity contribution is -0.151. The van der Waals surface area contributed by atoms with Gasteiger partial charge < -0.3 is 40.4 Å². The maximum atomic E-state index is 13.4. The van der Waals surface area contributed by atoms with Gasteiger partial charge >= 0.3 is 5.97 Å². The van der Waals surface area contributed by atoms with Crippen molar-refractivity contribution in [2.45, 2.75) is 31.7 Å². The summed E-state index contributed by atoms with van der Waals surface area (Å²) in [6.07, 6.45) is -0.507. The van der Waals surface area contributed by atoms with Crippen molar-refractivity contribution in [2.24, 2.45) is 5.92 Å². The highest BCUT2D eigenvalue weighted by Crippen LogP contribution is 2.27. The van der Waals surface area contributed by atoms with Crippen molar-refractivity contribution in [3.8, 4) is 0 Å². The molecule has 0 radical (unpaired) electrons. The molecular formula is C34H35N5O7. The molecule has 6 rings (SSSR count). The summed E-state index contributed by atoms with van der Waals surface area (Å²) >= 11 is 0. The van der Waals surface area contributed by atoms with Crippen LogP contribution in [0.1, 0.15) is 28.8 Å². The molecule has 2 atom stereocenters. The monoisotopic (exact) mass is 625 g/mol. The number of aliphatic hydroxyl groups excluding tert-OH is 1. The number of esters is 1. The number of aliphatic hydroxyl groups is 1. The molecule has 2 fully saturated rings. The van der Waals surface area contributed by atoms with Crippen LogP contribution in [0, 0.1) is 5.92 Å². The van der Waals surface area contributed by atoms with E-state index in [1.54, 1.807) is 53.6 Å². The van der Waals surface area contributed by atoms with Crippen LogP contribution in [0.15, 0.2) is 79.0 Å². The maximum absolute atomic E-state index is 13.4. The normalized spacial score (nSPS) is 17.9. The van der Waals surface area contributed by atoms with Crippen LogP contribution in [0.25, 0.3) is 10.8 Å². The van der Waals surface area contributed by atoms with E-state index in [2.05, 4.69) is 10.3 Å². The summed E-state index contributed by atoms with van der Waals surface area (Å²) in [4.78, 5) is 58.3. The second kappa shape index (κ2) is 13.4. The van der Waals surface area contributed by atoms with Gasteiger partial charge in [-0.1, -0.05) is 36.4 Å². The highest BCUT2D eigenvalue weighted by atomic mass is 16.5. The molecule has 4 aromatic rings. The largest absolute Gasteiger partial charge is 0.461 e. The zero-order valence-corrected chi connectivity index (χ0v) is 25.1. The quantitative estimate of drug-likeness (QED) is 0.217. The number of aromatic nitrogens is 1. The fraction of sp³-hybridized carbons (Fsp3) is 0.294. The number of aromatic amines is 1. The second-order valence-corrected chi connectivity index (χ2v) is 11.4. The maximum Gasteiger partial charge on any atom is 0.309 e. The number of rotatable bonds is 8. The van der Waals surface area contributed by atoms with Crippen molar-refractivity contribution in [3.05, 3.63) is 90.1 Å². The molecule has 12 nitrogen and oxygen atoms in total. The predicted octanol–water partition coefficient (Wildman–Crippen LogP) is 3.08. The first-order chi connectivity index (χ1) is 22.3. The molecule has 238 valence electrons. The Kier molecular flexibility index (Phi) is 8.99. The first-order valence-corrected chi connectivity index (χ1v) is 15.2. The lowest BCUT2D eigenvalue weighted by Gasteiger charge is -2.34. The van der Waals surface area contributed by atoms with Crippen LogP contribution >= 0.6 is 0 Å². The Morgan fingerprint density at radius 1 is 1.02 bits per heavy atom. The van der Waals surface area contributed by atoms with Crippen molar-refractivity contribution >= 4 is 51.7 Å². The third kappa shape index (κ3) is 6.58. The van der Waals surface area contributed by atoms with Gasteiger partial charge in [0, 0.05) is 53.5 Å². The molecule has 3 aromatic carbocycles. The number of anilines is 3. The number of H-pyrrole nitrogens is 1. The number of hydrogen-bond acceptors (Lipinski definition) is 8. The molecule has 46 heavy (non-hydrogen) atoms. The zero-order chi connectivity index (χ0) is 32.2. The number of carbonyl (C=O) groups is 4. The van der Waals surface area contributed by atoms with Crippen LogP contribution in [0.3, 0.4) is 0 Å². The number of nitrogens with two attached hydrogens (primary N) is 1. The number of hydrogen-bond donors (Lipinski definition) is 4. The summed E-state index contributed by atoms with van der Waals surface area (Å²) < 4.78 is 11.0. The zero-order valence-electron chi connectivity index (χ0n) is 25.1. The molecule has 1 aromatic heterocycles. The van der Waals surface area contributed by atoms with Gasteiger partial charge in [0.1, 0.15) is 12.4 Å². The number of likely N-dealkylation sites (tertiary alicyclic amines) is 1. The Labute approximate surface area is 265 Å². The highest BCUT2D eigenvalue weighted by molar-refractivity contribution is 6.05. The smallest absolute Gasteiger partial charge is 0.309 e. The van der Waals surface area contributed by atoms with E-state index in [0.717, 1.165) is 16.3 Å². The number of morpholine rings is 1. The third-order valence-corrected chi connectivity index (χ3v) is 8.41. The van der Waals surface area contributed by atoms with Crippen molar-refractivity contribution in [1.82, 2.24) is 9.88 Å². The average Bonchev–Trinajstić information content (AvgIpc) is 3.46. The molecule has 0 unspecified atom stereocenters. The summed E-state index contributed by atoms with van der Waals surface area (Å²) in [5, 5.41) is 15.0. The van der Waals surface area contributed by atoms with Crippen LogP contribution in [-0.2, 0) is 30.5 Å². The predicted molar refractivity (Wildman–Crippen MR) is 171 cm³/mol. The number of carbonyl (C=O) groups excluding carboxylic acids is 4. The molecular weight excluding hydrogens is 590 g/mol. The standard InChI is InChI=1S/C34H35N5O7/c35-30-27-10-9-25(17-24(27)19-36-30)37-31(41)28(40)29-33(43)39(15-16-45-29)26-8-4-7-23(18-26)32(42)38-13-11-22(12-14-38)34(44)46-20-21-5-2-1-3-6-21/h1-10,17-19,22,28-29,36,40H,11-16,20,35H2,(H,37,41)/t28-,29-/m1/s1. The summed E-state index contributed by atoms with van der Waals surface area (Å²) in [5.74, 6) is -1.64. The molecule has 3 heterocycles. The van der Waals surface area contributed by atoms with Gasteiger partial charge in [-0.25, -0.2) is 0 Å². The first-order valence-electron chi connectivity index (χ1n) is 15.2. The lowest BCUT2D eigenvalue weighted by Crippen LogP contribution is -2.55. The fourth-order valence-corrected chi connectivity index (χ4v) is 5.83. The van der Waals surface area contributed by atoms with Crippen LogP contribution in [0.2, 0.25) is 0 Å². The van der Waals surface area contributed by atoms with Gasteiger partial charge in [-0.15, -0.1) is 0 Å². The van der Waals surface area contributed by atoms with Gasteiger partial charge in [0.15, 0.2) is 12.2 Å². The molecule has 0 spiro atoms. The number of benzene rings is 3. The minimum absolute atomic E-state index is 0.0847. The lowest BCUT2D eigenvalue weighted by atomic mass is 9.96. The van der Waals surface area contributed by atoms with E-state index in [1.807, 2.05) is 30.3 Å². The van der Waals surface area contributed by atoms with E-state index in [-0.39, 0.29) is 37.6 Å². The van der Waals surface area contributed by atoms with Crippen LogP contribution in [0.5, 0.6) is 0 Å². The molecule has 2 saturated heterocycles. The van der Waals surface area contributed by atoms with Gasteiger partial charge in [-0.2, -0.15) is 0 Å². The third-order valence-electron chi connectivity index (χ3n) is 8.41. The number of ether oxygens (including phenoxy) is 2. The topological polar surface area (TPSA) is 167 Å². The molecule has 5 N–H and O–H groups in total. The second-order valence-electron chi connectivity index (χ2n) is 11.4. The SMILES string of the molecule is Nc1[nH]cc2cc(NC(=O)[C@H](O)[C@H]3OCCN(c4cccc(C(=O)N5CCC(C(=O)OCc6ccccc6)CC5)c4)C3=O)ccc12. The Morgan fingerprint density at radius 3 is 2.59 bits per heavy atom. The Bertz CT molecular complexity index is 1750. The van der Waals surface area contributed by atoms with Crippen LogP contribution in [-0.4, -0.2) is 77.1 Å². The van der Waals surface area contributed by atoms with E-state index in [1.165, 1.54) is 4.90 Å². The van der Waals surface area contributed by atoms with Gasteiger partial charge in [-0.3, -0.25) is 19.2 Å². The van der Waals surface area contributed by atoms with Crippen molar-refractivity contribution < 1.29 is 33.8 Å². The van der Waals surface area contributed by atoms with Crippen molar-refractivity contribution in [1.29, 1.82) is 0 Å². The molecule has 2 aliphatic heterocycles. The first kappa shape index (κ1) is 30.8. The fourth-order valence-electron chi connectivity index (χ4n) is 5.83. The molecule has 12 heteroatoms. The average molecular weight is 626 g/mol. The number of nitrogens with one attached hydrogen (secondary N) is 2. The van der Waals surface area contributed by atoms with E-state index in [4.69, 9.17) is 15.2 Å².